The lowest BCUT2D eigenvalue weighted by Crippen LogP contribution is -1.89. The largest absolute Gasteiger partial charge is 0.335 e. The zero-order chi connectivity index (χ0) is 21.7. The fraction of sp³-hybridized carbons (Fsp3) is 0.0435. The molecule has 0 aliphatic carbocycles. The van der Waals surface area contributed by atoms with E-state index in [2.05, 4.69) is 35.1 Å². The van der Waals surface area contributed by atoms with Crippen molar-refractivity contribution in [3.8, 4) is 34.0 Å². The van der Waals surface area contributed by atoms with Gasteiger partial charge in [-0.15, -0.1) is 0 Å². The molecule has 6 aromatic rings. The average molecular weight is 422 g/mol. The second kappa shape index (κ2) is 7.02. The van der Waals surface area contributed by atoms with Crippen LogP contribution in [0, 0.1) is 12.7 Å². The van der Waals surface area contributed by atoms with E-state index in [0.29, 0.717) is 39.6 Å². The molecule has 8 nitrogen and oxygen atoms in total. The van der Waals surface area contributed by atoms with Crippen molar-refractivity contribution in [3.63, 3.8) is 0 Å². The van der Waals surface area contributed by atoms with Gasteiger partial charge in [-0.1, -0.05) is 6.07 Å². The molecule has 0 bridgehead atoms. The highest BCUT2D eigenvalue weighted by Gasteiger charge is 2.17. The minimum Gasteiger partial charge on any atom is -0.335 e. The second-order valence-corrected chi connectivity index (χ2v) is 7.42. The summed E-state index contributed by atoms with van der Waals surface area (Å²) in [6.45, 7) is 1.86. The summed E-state index contributed by atoms with van der Waals surface area (Å²) in [5.41, 5.74) is 6.93. The Hall–Kier alpha value is -4.53. The van der Waals surface area contributed by atoms with Crippen molar-refractivity contribution >= 4 is 22.2 Å². The van der Waals surface area contributed by atoms with E-state index in [-0.39, 0.29) is 5.82 Å². The number of aryl methyl sites for hydroxylation is 1. The van der Waals surface area contributed by atoms with E-state index >= 15 is 0 Å². The first-order chi connectivity index (χ1) is 15.7. The Bertz CT molecular complexity index is 1580. The van der Waals surface area contributed by atoms with E-state index in [1.807, 2.05) is 31.2 Å². The Kier molecular flexibility index (Phi) is 4.00. The summed E-state index contributed by atoms with van der Waals surface area (Å²) in [7, 11) is 0. The Morgan fingerprint density at radius 3 is 2.69 bits per heavy atom. The Morgan fingerprint density at radius 1 is 0.906 bits per heavy atom. The minimum absolute atomic E-state index is 0.288. The van der Waals surface area contributed by atoms with Crippen LogP contribution in [-0.4, -0.2) is 40.1 Å². The number of pyridine rings is 2. The van der Waals surface area contributed by atoms with Crippen LogP contribution in [0.5, 0.6) is 0 Å². The monoisotopic (exact) mass is 422 g/mol. The van der Waals surface area contributed by atoms with E-state index in [1.54, 1.807) is 24.8 Å². The molecule has 0 amide bonds. The van der Waals surface area contributed by atoms with E-state index in [4.69, 9.17) is 4.98 Å². The van der Waals surface area contributed by atoms with Crippen molar-refractivity contribution in [2.75, 3.05) is 0 Å². The number of benzene rings is 1. The SMILES string of the molecule is Cc1cc(F)cc(-c2ccnc3nc(-c4n[nH]c5ccc(-c6cnccn6)nc45)[nH]c23)c1. The molecule has 9 heteroatoms. The number of nitrogens with one attached hydrogen (secondary N) is 2. The number of halogens is 1. The van der Waals surface area contributed by atoms with Crippen LogP contribution in [0.3, 0.4) is 0 Å². The molecule has 0 radical (unpaired) electrons. The highest BCUT2D eigenvalue weighted by molar-refractivity contribution is 5.94. The van der Waals surface area contributed by atoms with Crippen molar-refractivity contribution in [3.05, 3.63) is 72.6 Å². The van der Waals surface area contributed by atoms with Gasteiger partial charge in [0.25, 0.3) is 0 Å². The fourth-order valence-corrected chi connectivity index (χ4v) is 3.79. The first kappa shape index (κ1) is 18.3. The summed E-state index contributed by atoms with van der Waals surface area (Å²) in [5.74, 6) is 0.229. The van der Waals surface area contributed by atoms with Gasteiger partial charge in [-0.05, 0) is 48.4 Å². The number of nitrogens with zero attached hydrogens (tertiary/aromatic N) is 6. The Labute approximate surface area is 180 Å². The third-order valence-electron chi connectivity index (χ3n) is 5.20. The van der Waals surface area contributed by atoms with Crippen molar-refractivity contribution in [1.29, 1.82) is 0 Å². The normalized spacial score (nSPS) is 11.4. The highest BCUT2D eigenvalue weighted by Crippen LogP contribution is 2.31. The standard InChI is InChI=1S/C23H15FN8/c1-12-8-13(10-14(24)9-12)15-4-5-27-22-19(15)29-23(30-22)21-20-17(31-32-21)3-2-16(28-20)18-11-25-6-7-26-18/h2-11H,1H3,(H,31,32)(H,27,29,30). The Balaban J connectivity index is 1.52. The summed E-state index contributed by atoms with van der Waals surface area (Å²) in [6.07, 6.45) is 6.56. The summed E-state index contributed by atoms with van der Waals surface area (Å²) in [5, 5.41) is 7.41. The maximum Gasteiger partial charge on any atom is 0.178 e. The van der Waals surface area contributed by atoms with Crippen LogP contribution in [-0.2, 0) is 0 Å². The van der Waals surface area contributed by atoms with Crippen LogP contribution in [0.1, 0.15) is 5.56 Å². The number of hydrogen-bond donors (Lipinski definition) is 2. The van der Waals surface area contributed by atoms with Gasteiger partial charge >= 0.3 is 0 Å². The summed E-state index contributed by atoms with van der Waals surface area (Å²) in [4.78, 5) is 25.5. The highest BCUT2D eigenvalue weighted by atomic mass is 19.1. The molecule has 0 unspecified atom stereocenters. The van der Waals surface area contributed by atoms with Gasteiger partial charge in [0.1, 0.15) is 17.0 Å². The molecule has 5 heterocycles. The number of imidazole rings is 1. The van der Waals surface area contributed by atoms with Crippen molar-refractivity contribution in [1.82, 2.24) is 40.1 Å². The molecule has 0 fully saturated rings. The fourth-order valence-electron chi connectivity index (χ4n) is 3.79. The number of aromatic amines is 2. The van der Waals surface area contributed by atoms with Crippen LogP contribution < -0.4 is 0 Å². The van der Waals surface area contributed by atoms with Crippen LogP contribution >= 0.6 is 0 Å². The molecule has 0 saturated carbocycles. The molecule has 32 heavy (non-hydrogen) atoms. The quantitative estimate of drug-likeness (QED) is 0.436. The maximum absolute atomic E-state index is 14.0. The van der Waals surface area contributed by atoms with Gasteiger partial charge < -0.3 is 4.98 Å². The van der Waals surface area contributed by atoms with Crippen LogP contribution in [0.2, 0.25) is 0 Å². The van der Waals surface area contributed by atoms with Crippen molar-refractivity contribution in [2.24, 2.45) is 0 Å². The predicted octanol–water partition coefficient (Wildman–Crippen LogP) is 4.47. The van der Waals surface area contributed by atoms with Gasteiger partial charge in [0.05, 0.1) is 22.9 Å². The summed E-state index contributed by atoms with van der Waals surface area (Å²) >= 11 is 0. The van der Waals surface area contributed by atoms with E-state index < -0.39 is 0 Å². The van der Waals surface area contributed by atoms with Crippen LogP contribution in [0.25, 0.3) is 56.2 Å². The lowest BCUT2D eigenvalue weighted by Gasteiger charge is -2.04. The second-order valence-electron chi connectivity index (χ2n) is 7.42. The van der Waals surface area contributed by atoms with Gasteiger partial charge in [-0.25, -0.2) is 19.3 Å². The van der Waals surface area contributed by atoms with Gasteiger partial charge in [-0.3, -0.25) is 15.1 Å². The molecule has 0 aliphatic rings. The molecule has 2 N–H and O–H groups in total. The molecule has 1 aromatic carbocycles. The average Bonchev–Trinajstić information content (AvgIpc) is 3.42. The summed E-state index contributed by atoms with van der Waals surface area (Å²) in [6, 6.07) is 10.5. The van der Waals surface area contributed by atoms with Crippen LogP contribution in [0.15, 0.2) is 61.2 Å². The third-order valence-corrected chi connectivity index (χ3v) is 5.20. The molecule has 154 valence electrons. The molecule has 0 spiro atoms. The molecular formula is C23H15FN8. The topological polar surface area (TPSA) is 109 Å². The Morgan fingerprint density at radius 2 is 1.84 bits per heavy atom. The number of H-pyrrole nitrogens is 2. The molecule has 5 aromatic heterocycles. The van der Waals surface area contributed by atoms with Gasteiger partial charge in [-0.2, -0.15) is 5.10 Å². The van der Waals surface area contributed by atoms with E-state index in [0.717, 1.165) is 22.2 Å². The lowest BCUT2D eigenvalue weighted by atomic mass is 10.0. The lowest BCUT2D eigenvalue weighted by molar-refractivity contribution is 0.627. The van der Waals surface area contributed by atoms with E-state index in [1.165, 1.54) is 12.1 Å². The molecular weight excluding hydrogens is 407 g/mol. The first-order valence-electron chi connectivity index (χ1n) is 9.90. The smallest absolute Gasteiger partial charge is 0.178 e. The number of aromatic nitrogens is 8. The zero-order valence-electron chi connectivity index (χ0n) is 16.8. The number of rotatable bonds is 3. The molecule has 6 rings (SSSR count). The number of hydrogen-bond acceptors (Lipinski definition) is 6. The van der Waals surface area contributed by atoms with Crippen molar-refractivity contribution < 1.29 is 4.39 Å². The van der Waals surface area contributed by atoms with Crippen LogP contribution in [0.4, 0.5) is 4.39 Å². The van der Waals surface area contributed by atoms with Crippen molar-refractivity contribution in [2.45, 2.75) is 6.92 Å². The molecule has 0 aliphatic heterocycles. The third kappa shape index (κ3) is 2.99. The van der Waals surface area contributed by atoms with Gasteiger partial charge in [0.15, 0.2) is 17.2 Å². The first-order valence-corrected chi connectivity index (χ1v) is 9.90. The van der Waals surface area contributed by atoms with Gasteiger partial charge in [0, 0.05) is 24.2 Å². The molecule has 0 atom stereocenters. The van der Waals surface area contributed by atoms with E-state index in [9.17, 15) is 4.39 Å². The molecule has 0 saturated heterocycles. The minimum atomic E-state index is -0.288. The number of fused-ring (bicyclic) bond motifs is 2. The zero-order valence-corrected chi connectivity index (χ0v) is 16.8. The predicted molar refractivity (Wildman–Crippen MR) is 118 cm³/mol. The maximum atomic E-state index is 14.0. The summed E-state index contributed by atoms with van der Waals surface area (Å²) < 4.78 is 14.0. The van der Waals surface area contributed by atoms with Gasteiger partial charge in [0.2, 0.25) is 0 Å².